The monoisotopic (exact) mass is 226 g/mol. The number of hydrogen-bond donors (Lipinski definition) is 2. The lowest BCUT2D eigenvalue weighted by Crippen LogP contribution is -2.20. The van der Waals surface area contributed by atoms with E-state index in [9.17, 15) is 5.11 Å². The molecule has 0 fully saturated rings. The summed E-state index contributed by atoms with van der Waals surface area (Å²) in [5.41, 5.74) is 7.25. The number of hydrogen-bond acceptors (Lipinski definition) is 4. The summed E-state index contributed by atoms with van der Waals surface area (Å²) in [6.07, 6.45) is 2.09. The Morgan fingerprint density at radius 3 is 2.87 bits per heavy atom. The fourth-order valence-corrected chi connectivity index (χ4v) is 1.84. The summed E-state index contributed by atoms with van der Waals surface area (Å²) in [4.78, 5) is 2.17. The van der Waals surface area contributed by atoms with Crippen molar-refractivity contribution in [3.8, 4) is 5.75 Å². The van der Waals surface area contributed by atoms with Gasteiger partial charge in [0, 0.05) is 30.1 Å². The van der Waals surface area contributed by atoms with Crippen LogP contribution in [0.3, 0.4) is 0 Å². The van der Waals surface area contributed by atoms with Gasteiger partial charge in [0.25, 0.3) is 0 Å². The number of rotatable bonds is 5. The molecule has 0 unspecified atom stereocenters. The van der Waals surface area contributed by atoms with Gasteiger partial charge in [0.1, 0.15) is 5.75 Å². The first-order valence-electron chi connectivity index (χ1n) is 4.88. The van der Waals surface area contributed by atoms with Crippen LogP contribution in [0.25, 0.3) is 0 Å². The Kier molecular flexibility index (Phi) is 4.78. The second-order valence-electron chi connectivity index (χ2n) is 3.62. The molecule has 0 aliphatic heterocycles. The molecule has 1 aromatic rings. The molecule has 15 heavy (non-hydrogen) atoms. The Morgan fingerprint density at radius 2 is 2.20 bits per heavy atom. The number of nitrogens with zero attached hydrogens (tertiary/aromatic N) is 1. The predicted molar refractivity (Wildman–Crippen MR) is 67.2 cm³/mol. The minimum absolute atomic E-state index is 0.320. The van der Waals surface area contributed by atoms with Crippen LogP contribution in [-0.2, 0) is 6.54 Å². The lowest BCUT2D eigenvalue weighted by molar-refractivity contribution is 0.340. The smallest absolute Gasteiger partial charge is 0.120 e. The van der Waals surface area contributed by atoms with Gasteiger partial charge in [-0.1, -0.05) is 0 Å². The maximum absolute atomic E-state index is 9.62. The van der Waals surface area contributed by atoms with E-state index in [-0.39, 0.29) is 0 Å². The maximum atomic E-state index is 9.62. The number of anilines is 1. The average molecular weight is 226 g/mol. The van der Waals surface area contributed by atoms with E-state index in [1.54, 1.807) is 12.1 Å². The zero-order valence-electron chi connectivity index (χ0n) is 9.23. The summed E-state index contributed by atoms with van der Waals surface area (Å²) in [6, 6.07) is 5.18. The molecule has 0 aromatic heterocycles. The fraction of sp³-hybridized carbons (Fsp3) is 0.455. The van der Waals surface area contributed by atoms with E-state index in [1.165, 1.54) is 0 Å². The van der Waals surface area contributed by atoms with E-state index in [2.05, 4.69) is 11.2 Å². The van der Waals surface area contributed by atoms with Crippen LogP contribution in [0.15, 0.2) is 18.2 Å². The highest BCUT2D eigenvalue weighted by Crippen LogP contribution is 2.20. The van der Waals surface area contributed by atoms with Crippen molar-refractivity contribution in [2.24, 2.45) is 0 Å². The zero-order chi connectivity index (χ0) is 11.3. The van der Waals surface area contributed by atoms with Crippen LogP contribution in [0.4, 0.5) is 5.69 Å². The number of thioether (sulfide) groups is 1. The summed E-state index contributed by atoms with van der Waals surface area (Å²) in [6.45, 7) is 1.74. The number of phenols is 1. The zero-order valence-corrected chi connectivity index (χ0v) is 10.0. The number of benzene rings is 1. The lowest BCUT2D eigenvalue weighted by Gasteiger charge is -2.16. The van der Waals surface area contributed by atoms with Crippen LogP contribution >= 0.6 is 11.8 Å². The van der Waals surface area contributed by atoms with Crippen LogP contribution in [-0.4, -0.2) is 35.6 Å². The molecule has 0 spiro atoms. The van der Waals surface area contributed by atoms with Crippen molar-refractivity contribution < 1.29 is 5.11 Å². The first-order chi connectivity index (χ1) is 7.13. The molecule has 84 valence electrons. The molecule has 0 aliphatic carbocycles. The Morgan fingerprint density at radius 1 is 1.47 bits per heavy atom. The van der Waals surface area contributed by atoms with Crippen molar-refractivity contribution in [2.75, 3.05) is 31.3 Å². The average Bonchev–Trinajstić information content (AvgIpc) is 2.20. The van der Waals surface area contributed by atoms with Crippen molar-refractivity contribution in [1.29, 1.82) is 0 Å². The summed E-state index contributed by atoms with van der Waals surface area (Å²) < 4.78 is 0. The van der Waals surface area contributed by atoms with E-state index in [1.807, 2.05) is 24.9 Å². The standard InChI is InChI=1S/C11H18N2OS/c1-13(5-6-15-2)8-9-7-10(12)3-4-11(9)14/h3-4,7,14H,5-6,8,12H2,1-2H3. The van der Waals surface area contributed by atoms with Gasteiger partial charge in [0.05, 0.1) is 0 Å². The Bertz CT molecular complexity index is 317. The van der Waals surface area contributed by atoms with E-state index >= 15 is 0 Å². The molecule has 0 aliphatic rings. The second-order valence-corrected chi connectivity index (χ2v) is 4.60. The molecule has 0 amide bonds. The maximum Gasteiger partial charge on any atom is 0.120 e. The van der Waals surface area contributed by atoms with E-state index in [0.29, 0.717) is 11.4 Å². The Labute approximate surface area is 95.3 Å². The SMILES string of the molecule is CSCCN(C)Cc1cc(N)ccc1O. The van der Waals surface area contributed by atoms with Crippen molar-refractivity contribution in [3.63, 3.8) is 0 Å². The van der Waals surface area contributed by atoms with E-state index in [0.717, 1.165) is 24.4 Å². The molecule has 4 heteroatoms. The molecule has 0 atom stereocenters. The largest absolute Gasteiger partial charge is 0.508 e. The Balaban J connectivity index is 2.59. The number of nitrogens with two attached hydrogens (primary N) is 1. The molecule has 0 saturated carbocycles. The van der Waals surface area contributed by atoms with Gasteiger partial charge >= 0.3 is 0 Å². The van der Waals surface area contributed by atoms with Gasteiger partial charge < -0.3 is 15.7 Å². The number of nitrogen functional groups attached to an aromatic ring is 1. The van der Waals surface area contributed by atoms with Crippen LogP contribution in [0.1, 0.15) is 5.56 Å². The topological polar surface area (TPSA) is 49.5 Å². The second kappa shape index (κ2) is 5.88. The quantitative estimate of drug-likeness (QED) is 0.593. The Hall–Kier alpha value is -0.870. The molecule has 3 N–H and O–H groups in total. The summed E-state index contributed by atoms with van der Waals surface area (Å²) in [5.74, 6) is 1.42. The first-order valence-corrected chi connectivity index (χ1v) is 6.27. The molecule has 1 rings (SSSR count). The molecule has 0 heterocycles. The molecular formula is C11H18N2OS. The molecule has 3 nitrogen and oxygen atoms in total. The summed E-state index contributed by atoms with van der Waals surface area (Å²) in [5, 5.41) is 9.62. The van der Waals surface area contributed by atoms with E-state index < -0.39 is 0 Å². The number of phenolic OH excluding ortho intramolecular Hbond substituents is 1. The van der Waals surface area contributed by atoms with E-state index in [4.69, 9.17) is 5.73 Å². The van der Waals surface area contributed by atoms with Crippen LogP contribution < -0.4 is 5.73 Å². The van der Waals surface area contributed by atoms with Crippen molar-refractivity contribution in [1.82, 2.24) is 4.90 Å². The van der Waals surface area contributed by atoms with Crippen molar-refractivity contribution in [2.45, 2.75) is 6.54 Å². The third-order valence-corrected chi connectivity index (χ3v) is 2.81. The predicted octanol–water partition coefficient (Wildman–Crippen LogP) is 1.77. The van der Waals surface area contributed by atoms with Crippen molar-refractivity contribution >= 4 is 17.4 Å². The molecule has 1 aromatic carbocycles. The first kappa shape index (κ1) is 12.2. The van der Waals surface area contributed by atoms with Gasteiger partial charge in [0.15, 0.2) is 0 Å². The molecular weight excluding hydrogens is 208 g/mol. The number of aromatic hydroxyl groups is 1. The molecule has 0 radical (unpaired) electrons. The highest BCUT2D eigenvalue weighted by Gasteiger charge is 2.05. The van der Waals surface area contributed by atoms with Crippen LogP contribution in [0.5, 0.6) is 5.75 Å². The third-order valence-electron chi connectivity index (χ3n) is 2.22. The summed E-state index contributed by atoms with van der Waals surface area (Å²) in [7, 11) is 2.04. The van der Waals surface area contributed by atoms with Crippen LogP contribution in [0.2, 0.25) is 0 Å². The molecule has 0 bridgehead atoms. The fourth-order valence-electron chi connectivity index (χ4n) is 1.35. The highest BCUT2D eigenvalue weighted by atomic mass is 32.2. The van der Waals surface area contributed by atoms with Gasteiger partial charge in [-0.15, -0.1) is 0 Å². The minimum Gasteiger partial charge on any atom is -0.508 e. The third kappa shape index (κ3) is 4.01. The van der Waals surface area contributed by atoms with Gasteiger partial charge in [0.2, 0.25) is 0 Å². The van der Waals surface area contributed by atoms with Gasteiger partial charge in [-0.05, 0) is 31.5 Å². The minimum atomic E-state index is 0.320. The van der Waals surface area contributed by atoms with Crippen LogP contribution in [0, 0.1) is 0 Å². The van der Waals surface area contributed by atoms with Crippen molar-refractivity contribution in [3.05, 3.63) is 23.8 Å². The lowest BCUT2D eigenvalue weighted by atomic mass is 10.1. The summed E-state index contributed by atoms with van der Waals surface area (Å²) >= 11 is 1.82. The van der Waals surface area contributed by atoms with Gasteiger partial charge in [-0.25, -0.2) is 0 Å². The normalized spacial score (nSPS) is 10.9. The van der Waals surface area contributed by atoms with Gasteiger partial charge in [-0.2, -0.15) is 11.8 Å². The molecule has 0 saturated heterocycles. The van der Waals surface area contributed by atoms with Gasteiger partial charge in [-0.3, -0.25) is 0 Å². The highest BCUT2D eigenvalue weighted by molar-refractivity contribution is 7.98.